The number of benzene rings is 1. The van der Waals surface area contributed by atoms with Crippen molar-refractivity contribution in [2.45, 2.75) is 6.04 Å². The fourth-order valence-corrected chi connectivity index (χ4v) is 1.91. The molecule has 0 aliphatic heterocycles. The topological polar surface area (TPSA) is 108 Å². The van der Waals surface area contributed by atoms with Crippen molar-refractivity contribution in [1.82, 2.24) is 0 Å². The van der Waals surface area contributed by atoms with E-state index in [0.717, 1.165) is 0 Å². The third-order valence-electron chi connectivity index (χ3n) is 2.38. The Morgan fingerprint density at radius 3 is 2.56 bits per heavy atom. The standard InChI is InChI=1S/C10H13ClN2O5/c1-17-7-3-5(11)8(6(12)4-14)9(13(15)16)10(7)18-2/h3,6,14H,4,12H2,1-2H3/t6-/m0/s1. The van der Waals surface area contributed by atoms with E-state index >= 15 is 0 Å². The van der Waals surface area contributed by atoms with Gasteiger partial charge < -0.3 is 20.3 Å². The van der Waals surface area contributed by atoms with Crippen molar-refractivity contribution in [2.75, 3.05) is 20.8 Å². The third-order valence-corrected chi connectivity index (χ3v) is 2.70. The Morgan fingerprint density at radius 2 is 2.17 bits per heavy atom. The van der Waals surface area contributed by atoms with Crippen LogP contribution >= 0.6 is 11.6 Å². The van der Waals surface area contributed by atoms with Crippen molar-refractivity contribution in [1.29, 1.82) is 0 Å². The molecule has 0 heterocycles. The van der Waals surface area contributed by atoms with Gasteiger partial charge >= 0.3 is 5.69 Å². The van der Waals surface area contributed by atoms with E-state index in [4.69, 9.17) is 31.9 Å². The van der Waals surface area contributed by atoms with Crippen LogP contribution in [0.4, 0.5) is 5.69 Å². The minimum absolute atomic E-state index is 0.0156. The van der Waals surface area contributed by atoms with Crippen LogP contribution in [-0.4, -0.2) is 30.9 Å². The second kappa shape index (κ2) is 5.85. The molecule has 0 amide bonds. The first-order chi connectivity index (χ1) is 8.47. The van der Waals surface area contributed by atoms with E-state index in [1.807, 2.05) is 0 Å². The minimum atomic E-state index is -0.974. The number of nitro groups is 1. The number of nitro benzene ring substituents is 1. The van der Waals surface area contributed by atoms with Crippen LogP contribution in [0.1, 0.15) is 11.6 Å². The van der Waals surface area contributed by atoms with Gasteiger partial charge in [-0.3, -0.25) is 10.1 Å². The highest BCUT2D eigenvalue weighted by Gasteiger charge is 2.31. The van der Waals surface area contributed by atoms with Gasteiger partial charge in [0.1, 0.15) is 0 Å². The molecule has 1 aromatic carbocycles. The molecule has 0 bridgehead atoms. The first kappa shape index (κ1) is 14.5. The average Bonchev–Trinajstić information content (AvgIpc) is 2.36. The number of ether oxygens (including phenoxy) is 2. The van der Waals surface area contributed by atoms with Crippen LogP contribution in [0.15, 0.2) is 6.07 Å². The van der Waals surface area contributed by atoms with Gasteiger partial charge in [0, 0.05) is 6.07 Å². The Kier molecular flexibility index (Phi) is 4.71. The van der Waals surface area contributed by atoms with Gasteiger partial charge in [0.2, 0.25) is 5.75 Å². The molecule has 0 aliphatic rings. The molecule has 0 spiro atoms. The van der Waals surface area contributed by atoms with Gasteiger partial charge in [0.15, 0.2) is 5.75 Å². The summed E-state index contributed by atoms with van der Waals surface area (Å²) in [7, 11) is 2.61. The van der Waals surface area contributed by atoms with Crippen LogP contribution < -0.4 is 15.2 Å². The fourth-order valence-electron chi connectivity index (χ4n) is 1.58. The van der Waals surface area contributed by atoms with Gasteiger partial charge in [-0.05, 0) is 0 Å². The molecule has 0 unspecified atom stereocenters. The van der Waals surface area contributed by atoms with Gasteiger partial charge in [-0.25, -0.2) is 0 Å². The molecule has 7 nitrogen and oxygen atoms in total. The molecule has 8 heteroatoms. The fraction of sp³-hybridized carbons (Fsp3) is 0.400. The molecule has 0 radical (unpaired) electrons. The van der Waals surface area contributed by atoms with E-state index in [2.05, 4.69) is 0 Å². The predicted molar refractivity (Wildman–Crippen MR) is 65.2 cm³/mol. The van der Waals surface area contributed by atoms with Crippen molar-refractivity contribution in [3.05, 3.63) is 26.8 Å². The quantitative estimate of drug-likeness (QED) is 0.619. The summed E-state index contributed by atoms with van der Waals surface area (Å²) >= 11 is 5.93. The maximum atomic E-state index is 11.1. The maximum absolute atomic E-state index is 11.1. The zero-order valence-corrected chi connectivity index (χ0v) is 10.6. The van der Waals surface area contributed by atoms with E-state index in [0.29, 0.717) is 0 Å². The lowest BCUT2D eigenvalue weighted by Crippen LogP contribution is -2.17. The van der Waals surface area contributed by atoms with Crippen LogP contribution in [-0.2, 0) is 0 Å². The number of nitrogens with zero attached hydrogens (tertiary/aromatic N) is 1. The van der Waals surface area contributed by atoms with Gasteiger partial charge in [-0.1, -0.05) is 11.6 Å². The summed E-state index contributed by atoms with van der Waals surface area (Å²) in [5.41, 5.74) is 5.23. The molecular formula is C10H13ClN2O5. The average molecular weight is 277 g/mol. The normalized spacial score (nSPS) is 12.1. The summed E-state index contributed by atoms with van der Waals surface area (Å²) in [6, 6.07) is 0.385. The lowest BCUT2D eigenvalue weighted by molar-refractivity contribution is -0.386. The second-order valence-electron chi connectivity index (χ2n) is 3.40. The number of hydrogen-bond acceptors (Lipinski definition) is 6. The van der Waals surface area contributed by atoms with Crippen molar-refractivity contribution in [3.8, 4) is 11.5 Å². The smallest absolute Gasteiger partial charge is 0.321 e. The Balaban J connectivity index is 3.64. The van der Waals surface area contributed by atoms with E-state index in [1.165, 1.54) is 20.3 Å². The van der Waals surface area contributed by atoms with Crippen molar-refractivity contribution < 1.29 is 19.5 Å². The number of methoxy groups -OCH3 is 2. The third kappa shape index (κ3) is 2.47. The first-order valence-corrected chi connectivity index (χ1v) is 5.30. The SMILES string of the molecule is COc1cc(Cl)c([C@@H](N)CO)c([N+](=O)[O-])c1OC. The van der Waals surface area contributed by atoms with Gasteiger partial charge in [0.25, 0.3) is 0 Å². The summed E-state index contributed by atoms with van der Waals surface area (Å²) in [6.07, 6.45) is 0. The van der Waals surface area contributed by atoms with Crippen LogP contribution in [0.3, 0.4) is 0 Å². The Hall–Kier alpha value is -1.57. The Labute approximate surface area is 108 Å². The van der Waals surface area contributed by atoms with Crippen LogP contribution in [0, 0.1) is 10.1 Å². The summed E-state index contributed by atoms with van der Waals surface area (Å²) in [5, 5.41) is 20.2. The lowest BCUT2D eigenvalue weighted by Gasteiger charge is -2.15. The molecule has 3 N–H and O–H groups in total. The number of halogens is 1. The number of rotatable bonds is 5. The van der Waals surface area contributed by atoms with E-state index in [1.54, 1.807) is 0 Å². The van der Waals surface area contributed by atoms with Crippen molar-refractivity contribution >= 4 is 17.3 Å². The van der Waals surface area contributed by atoms with E-state index in [-0.39, 0.29) is 22.1 Å². The zero-order valence-electron chi connectivity index (χ0n) is 9.84. The summed E-state index contributed by atoms with van der Waals surface area (Å²) in [5.74, 6) is 0.0499. The molecule has 0 aliphatic carbocycles. The Morgan fingerprint density at radius 1 is 1.56 bits per heavy atom. The van der Waals surface area contributed by atoms with Crippen LogP contribution in [0.2, 0.25) is 5.02 Å². The summed E-state index contributed by atoms with van der Waals surface area (Å²) < 4.78 is 9.92. The zero-order chi connectivity index (χ0) is 13.9. The highest BCUT2D eigenvalue weighted by atomic mass is 35.5. The first-order valence-electron chi connectivity index (χ1n) is 4.93. The highest BCUT2D eigenvalue weighted by Crippen LogP contribution is 2.45. The monoisotopic (exact) mass is 276 g/mol. The number of nitrogens with two attached hydrogens (primary N) is 1. The number of aliphatic hydroxyl groups is 1. The Bertz CT molecular complexity index is 466. The summed E-state index contributed by atoms with van der Waals surface area (Å²) in [6.45, 7) is -0.476. The molecule has 0 fully saturated rings. The van der Waals surface area contributed by atoms with Gasteiger partial charge in [-0.2, -0.15) is 0 Å². The molecular weight excluding hydrogens is 264 g/mol. The van der Waals surface area contributed by atoms with E-state index < -0.39 is 23.3 Å². The van der Waals surface area contributed by atoms with Crippen molar-refractivity contribution in [2.24, 2.45) is 5.73 Å². The summed E-state index contributed by atoms with van der Waals surface area (Å²) in [4.78, 5) is 10.4. The van der Waals surface area contributed by atoms with Gasteiger partial charge in [0.05, 0.1) is 42.4 Å². The van der Waals surface area contributed by atoms with Crippen LogP contribution in [0.25, 0.3) is 0 Å². The maximum Gasteiger partial charge on any atom is 0.321 e. The predicted octanol–water partition coefficient (Wildman–Crippen LogP) is 1.26. The lowest BCUT2D eigenvalue weighted by atomic mass is 10.0. The second-order valence-corrected chi connectivity index (χ2v) is 3.81. The molecule has 0 saturated carbocycles. The number of aliphatic hydroxyl groups excluding tert-OH is 1. The highest BCUT2D eigenvalue weighted by molar-refractivity contribution is 6.32. The molecule has 100 valence electrons. The molecule has 0 aromatic heterocycles. The molecule has 1 aromatic rings. The largest absolute Gasteiger partial charge is 0.493 e. The molecule has 1 atom stereocenters. The van der Waals surface area contributed by atoms with E-state index in [9.17, 15) is 10.1 Å². The molecule has 1 rings (SSSR count). The van der Waals surface area contributed by atoms with Crippen LogP contribution in [0.5, 0.6) is 11.5 Å². The van der Waals surface area contributed by atoms with Crippen molar-refractivity contribution in [3.63, 3.8) is 0 Å². The van der Waals surface area contributed by atoms with Gasteiger partial charge in [-0.15, -0.1) is 0 Å². The number of hydrogen-bond donors (Lipinski definition) is 2. The minimum Gasteiger partial charge on any atom is -0.493 e. The molecule has 0 saturated heterocycles. The molecule has 18 heavy (non-hydrogen) atoms.